The Balaban J connectivity index is 1.06. The maximum absolute atomic E-state index is 12.8. The van der Waals surface area contributed by atoms with Crippen LogP contribution in [0.5, 0.6) is 0 Å². The van der Waals surface area contributed by atoms with Gasteiger partial charge in [0.15, 0.2) is 18.3 Å². The van der Waals surface area contributed by atoms with Crippen LogP contribution in [0.4, 0.5) is 0 Å². The van der Waals surface area contributed by atoms with E-state index in [1.165, 1.54) is 10.9 Å². The van der Waals surface area contributed by atoms with Gasteiger partial charge < -0.3 is 40.4 Å². The van der Waals surface area contributed by atoms with Crippen molar-refractivity contribution in [2.45, 2.75) is 68.2 Å². The molecule has 7 N–H and O–H groups in total. The molecular weight excluding hydrogens is 688 g/mol. The Kier molecular flexibility index (Phi) is 10.5. The van der Waals surface area contributed by atoms with E-state index in [0.717, 1.165) is 33.5 Å². The van der Waals surface area contributed by atoms with E-state index in [0.29, 0.717) is 24.1 Å². The molecule has 0 aliphatic carbocycles. The lowest BCUT2D eigenvalue weighted by Gasteiger charge is -2.28. The number of hydrogen-bond donors (Lipinski definition) is 6. The Bertz CT molecular complexity index is 2140. The molecule has 53 heavy (non-hydrogen) atoms. The second-order valence-electron chi connectivity index (χ2n) is 13.0. The van der Waals surface area contributed by atoms with Crippen LogP contribution in [-0.4, -0.2) is 100 Å². The van der Waals surface area contributed by atoms with Crippen molar-refractivity contribution in [1.82, 2.24) is 24.5 Å². The van der Waals surface area contributed by atoms with E-state index in [2.05, 4.69) is 15.3 Å². The van der Waals surface area contributed by atoms with Crippen molar-refractivity contribution in [2.75, 3.05) is 6.54 Å². The van der Waals surface area contributed by atoms with Gasteiger partial charge in [-0.2, -0.15) is 0 Å². The van der Waals surface area contributed by atoms with Gasteiger partial charge in [0, 0.05) is 29.9 Å². The molecule has 16 nitrogen and oxygen atoms in total. The molecule has 2 aliphatic heterocycles. The summed E-state index contributed by atoms with van der Waals surface area (Å²) in [6, 6.07) is 25.6. The van der Waals surface area contributed by atoms with E-state index in [4.69, 9.17) is 19.9 Å². The summed E-state index contributed by atoms with van der Waals surface area (Å²) < 4.78 is 20.1. The van der Waals surface area contributed by atoms with Crippen molar-refractivity contribution >= 4 is 5.78 Å². The van der Waals surface area contributed by atoms with Crippen LogP contribution in [-0.2, 0) is 27.2 Å². The zero-order chi connectivity index (χ0) is 37.2. The summed E-state index contributed by atoms with van der Waals surface area (Å²) in [6.07, 6.45) is -9.36. The monoisotopic (exact) mass is 726 g/mol. The SMILES string of the molecule is NC[C@H]1O[C@@H](O[C@@H](c2cn(Cc3ccc(Cc4ccc(C(=O)c5ccccc5)cc4)cc3)nn2)[C@H]2O[C@@H](n3ccc(=O)[nH]c3=O)[C@H](O)[C@@H]2O)[C@H](O)[C@@H]1O. The molecule has 0 radical (unpaired) electrons. The molecule has 5 aromatic rings. The van der Waals surface area contributed by atoms with Gasteiger partial charge in [0.1, 0.15) is 48.4 Å². The quantitative estimate of drug-likeness (QED) is 0.0914. The van der Waals surface area contributed by atoms with Crippen molar-refractivity contribution in [3.8, 4) is 0 Å². The number of H-pyrrole nitrogens is 1. The molecule has 2 fully saturated rings. The summed E-state index contributed by atoms with van der Waals surface area (Å²) in [6.45, 7) is 0.178. The van der Waals surface area contributed by atoms with Crippen LogP contribution in [0.3, 0.4) is 0 Å². The largest absolute Gasteiger partial charge is 0.387 e. The van der Waals surface area contributed by atoms with Crippen molar-refractivity contribution in [1.29, 1.82) is 0 Å². The smallest absolute Gasteiger partial charge is 0.330 e. The third-order valence-electron chi connectivity index (χ3n) is 9.41. The number of hydrogen-bond acceptors (Lipinski definition) is 13. The van der Waals surface area contributed by atoms with Gasteiger partial charge in [-0.05, 0) is 23.1 Å². The number of carbonyl (C=O) groups excluding carboxylic acids is 1. The summed E-state index contributed by atoms with van der Waals surface area (Å²) in [5, 5.41) is 51.5. The van der Waals surface area contributed by atoms with Crippen LogP contribution in [0.1, 0.15) is 50.6 Å². The van der Waals surface area contributed by atoms with Crippen LogP contribution in [0.15, 0.2) is 107 Å². The molecule has 16 heteroatoms. The lowest BCUT2D eigenvalue weighted by atomic mass is 9.99. The number of aliphatic hydroxyl groups is 4. The molecule has 0 amide bonds. The van der Waals surface area contributed by atoms with Gasteiger partial charge in [0.05, 0.1) is 12.7 Å². The van der Waals surface area contributed by atoms with E-state index < -0.39 is 66.5 Å². The van der Waals surface area contributed by atoms with Crippen molar-refractivity contribution in [3.05, 3.63) is 152 Å². The normalized spacial score (nSPS) is 26.1. The van der Waals surface area contributed by atoms with Crippen LogP contribution in [0, 0.1) is 0 Å². The van der Waals surface area contributed by atoms with Crippen LogP contribution < -0.4 is 17.0 Å². The fraction of sp³-hybridized carbons (Fsp3) is 0.324. The fourth-order valence-corrected chi connectivity index (χ4v) is 6.51. The summed E-state index contributed by atoms with van der Waals surface area (Å²) in [5.41, 5.74) is 8.51. The molecule has 4 heterocycles. The van der Waals surface area contributed by atoms with Crippen LogP contribution in [0.25, 0.3) is 0 Å². The first-order valence-corrected chi connectivity index (χ1v) is 17.0. The number of carbonyl (C=O) groups is 1. The van der Waals surface area contributed by atoms with Gasteiger partial charge in [-0.25, -0.2) is 9.48 Å². The highest BCUT2D eigenvalue weighted by Crippen LogP contribution is 2.39. The third kappa shape index (κ3) is 7.66. The highest BCUT2D eigenvalue weighted by atomic mass is 16.7. The summed E-state index contributed by atoms with van der Waals surface area (Å²) in [7, 11) is 0. The van der Waals surface area contributed by atoms with Crippen molar-refractivity contribution in [3.63, 3.8) is 0 Å². The fourth-order valence-electron chi connectivity index (χ4n) is 6.51. The summed E-state index contributed by atoms with van der Waals surface area (Å²) >= 11 is 0. The Labute approximate surface area is 301 Å². The van der Waals surface area contributed by atoms with E-state index in [-0.39, 0.29) is 18.0 Å². The van der Waals surface area contributed by atoms with Gasteiger partial charge in [0.25, 0.3) is 5.56 Å². The van der Waals surface area contributed by atoms with Crippen LogP contribution in [0.2, 0.25) is 0 Å². The molecule has 2 aliphatic rings. The summed E-state index contributed by atoms with van der Waals surface area (Å²) in [4.78, 5) is 38.9. The molecule has 0 spiro atoms. The first-order chi connectivity index (χ1) is 25.6. The molecule has 2 aromatic heterocycles. The predicted octanol–water partition coefficient (Wildman–Crippen LogP) is -0.219. The third-order valence-corrected chi connectivity index (χ3v) is 9.41. The minimum Gasteiger partial charge on any atom is -0.387 e. The molecule has 0 unspecified atom stereocenters. The van der Waals surface area contributed by atoms with Gasteiger partial charge in [-0.1, -0.05) is 84.1 Å². The molecular formula is C37H38N6O10. The maximum Gasteiger partial charge on any atom is 0.330 e. The topological polar surface area (TPSA) is 237 Å². The molecule has 276 valence electrons. The minimum absolute atomic E-state index is 0.0319. The lowest BCUT2D eigenvalue weighted by Crippen LogP contribution is -2.40. The van der Waals surface area contributed by atoms with E-state index >= 15 is 0 Å². The first kappa shape index (κ1) is 36.2. The number of rotatable bonds is 12. The number of nitrogens with zero attached hydrogens (tertiary/aromatic N) is 4. The highest BCUT2D eigenvalue weighted by Gasteiger charge is 2.52. The second kappa shape index (κ2) is 15.4. The number of nitrogens with one attached hydrogen (secondary N) is 1. The Morgan fingerprint density at radius 1 is 0.830 bits per heavy atom. The van der Waals surface area contributed by atoms with E-state index in [1.807, 2.05) is 66.7 Å². The van der Waals surface area contributed by atoms with E-state index in [9.17, 15) is 34.8 Å². The molecule has 3 aromatic carbocycles. The number of benzene rings is 3. The standard InChI is InChI=1S/C37H38N6O10/c38-17-26-29(46)32(49)36(51-26)53-33(34-30(47)31(48)35(52-34)43-15-14-27(44)39-37(43)50)25-19-42(41-40-25)18-22-8-6-20(7-9-22)16-21-10-12-24(13-11-21)28(45)23-4-2-1-3-5-23/h1-15,19,26,29-36,46-49H,16-18,38H2,(H,39,44,50)/t26-,29-,30+,31-,32-,33+,34+,35-,36+/m1/s1. The predicted molar refractivity (Wildman–Crippen MR) is 185 cm³/mol. The van der Waals surface area contributed by atoms with Crippen molar-refractivity contribution in [2.24, 2.45) is 5.73 Å². The number of ether oxygens (including phenoxy) is 3. The van der Waals surface area contributed by atoms with Crippen molar-refractivity contribution < 1.29 is 39.4 Å². The second-order valence-corrected chi connectivity index (χ2v) is 13.0. The molecule has 7 rings (SSSR count). The number of aromatic nitrogens is 5. The molecule has 0 saturated carbocycles. The number of aliphatic hydroxyl groups excluding tert-OH is 4. The molecule has 0 bridgehead atoms. The minimum atomic E-state index is -1.64. The average Bonchev–Trinajstić information content (AvgIpc) is 3.83. The van der Waals surface area contributed by atoms with Gasteiger partial charge in [-0.3, -0.25) is 19.1 Å². The maximum atomic E-state index is 12.8. The van der Waals surface area contributed by atoms with E-state index in [1.54, 1.807) is 12.1 Å². The molecule has 2 saturated heterocycles. The Morgan fingerprint density at radius 3 is 2.15 bits per heavy atom. The van der Waals surface area contributed by atoms with Gasteiger partial charge in [-0.15, -0.1) is 5.10 Å². The molecule has 9 atom stereocenters. The summed E-state index contributed by atoms with van der Waals surface area (Å²) in [5.74, 6) is -0.0319. The van der Waals surface area contributed by atoms with Gasteiger partial charge >= 0.3 is 5.69 Å². The van der Waals surface area contributed by atoms with Gasteiger partial charge in [0.2, 0.25) is 0 Å². The zero-order valence-electron chi connectivity index (χ0n) is 28.2. The highest BCUT2D eigenvalue weighted by molar-refractivity contribution is 6.08. The Morgan fingerprint density at radius 2 is 1.49 bits per heavy atom. The zero-order valence-corrected chi connectivity index (χ0v) is 28.2. The first-order valence-electron chi connectivity index (χ1n) is 17.0. The van der Waals surface area contributed by atoms with Crippen LogP contribution >= 0.6 is 0 Å². The Hall–Kier alpha value is -5.17. The number of nitrogens with two attached hydrogens (primary N) is 1. The average molecular weight is 727 g/mol. The number of ketones is 1. The lowest BCUT2D eigenvalue weighted by molar-refractivity contribution is -0.224. The number of aromatic amines is 1.